The van der Waals surface area contributed by atoms with Gasteiger partial charge in [0.2, 0.25) is 0 Å². The van der Waals surface area contributed by atoms with Gasteiger partial charge in [0, 0.05) is 50.2 Å². The van der Waals surface area contributed by atoms with Gasteiger partial charge in [0.15, 0.2) is 0 Å². The van der Waals surface area contributed by atoms with Gasteiger partial charge in [0.25, 0.3) is 5.78 Å². The number of anilines is 3. The molecule has 4 heterocycles. The van der Waals surface area contributed by atoms with Crippen molar-refractivity contribution in [2.75, 3.05) is 43.5 Å². The Labute approximate surface area is 164 Å². The summed E-state index contributed by atoms with van der Waals surface area (Å²) in [5.74, 6) is 1.38. The van der Waals surface area contributed by atoms with E-state index in [-0.39, 0.29) is 0 Å². The average molecular weight is 379 g/mol. The topological polar surface area (TPSA) is 70.8 Å². The summed E-state index contributed by atoms with van der Waals surface area (Å²) in [5.41, 5.74) is 3.11. The summed E-state index contributed by atoms with van der Waals surface area (Å²) < 4.78 is 6.92. The Morgan fingerprint density at radius 2 is 2.07 bits per heavy atom. The highest BCUT2D eigenvalue weighted by Gasteiger charge is 2.30. The molecule has 2 aliphatic heterocycles. The molecule has 2 fully saturated rings. The number of fused-ring (bicyclic) bond motifs is 2. The van der Waals surface area contributed by atoms with Crippen LogP contribution in [-0.4, -0.2) is 63.8 Å². The molecule has 0 aliphatic carbocycles. The van der Waals surface area contributed by atoms with Gasteiger partial charge in [-0.3, -0.25) is 4.90 Å². The van der Waals surface area contributed by atoms with Gasteiger partial charge in [-0.15, -0.1) is 0 Å². The first-order chi connectivity index (χ1) is 13.8. The molecule has 1 atom stereocenters. The van der Waals surface area contributed by atoms with Gasteiger partial charge in [0.1, 0.15) is 12.1 Å². The molecule has 28 heavy (non-hydrogen) atoms. The van der Waals surface area contributed by atoms with Crippen LogP contribution in [0, 0.1) is 0 Å². The van der Waals surface area contributed by atoms with E-state index in [4.69, 9.17) is 4.74 Å². The third-order valence-electron chi connectivity index (χ3n) is 5.69. The Bertz CT molecular complexity index is 955. The average Bonchev–Trinajstić information content (AvgIpc) is 3.37. The molecular formula is C20H25N7O. The number of rotatable bonds is 5. The van der Waals surface area contributed by atoms with E-state index in [1.54, 1.807) is 11.6 Å². The van der Waals surface area contributed by atoms with Crippen LogP contribution < -0.4 is 10.2 Å². The molecule has 2 saturated heterocycles. The lowest BCUT2D eigenvalue weighted by Crippen LogP contribution is -2.50. The Kier molecular flexibility index (Phi) is 4.58. The second kappa shape index (κ2) is 7.37. The third-order valence-corrected chi connectivity index (χ3v) is 5.69. The number of ether oxygens (including phenoxy) is 1. The minimum absolute atomic E-state index is 0.435. The van der Waals surface area contributed by atoms with Crippen molar-refractivity contribution in [2.45, 2.75) is 25.5 Å². The quantitative estimate of drug-likeness (QED) is 0.729. The lowest BCUT2D eigenvalue weighted by molar-refractivity contribution is 0.181. The summed E-state index contributed by atoms with van der Waals surface area (Å²) in [4.78, 5) is 13.8. The van der Waals surface area contributed by atoms with Crippen molar-refractivity contribution >= 4 is 23.0 Å². The molecule has 3 aromatic rings. The number of hydrogen-bond acceptors (Lipinski definition) is 7. The molecule has 5 rings (SSSR count). The number of aromatic nitrogens is 4. The minimum Gasteiger partial charge on any atom is -0.378 e. The molecule has 0 radical (unpaired) electrons. The van der Waals surface area contributed by atoms with Gasteiger partial charge in [-0.2, -0.15) is 14.6 Å². The van der Waals surface area contributed by atoms with Crippen LogP contribution in [0.25, 0.3) is 5.78 Å². The third kappa shape index (κ3) is 3.29. The number of hydrogen-bond donors (Lipinski definition) is 1. The van der Waals surface area contributed by atoms with Gasteiger partial charge >= 0.3 is 0 Å². The second-order valence-electron chi connectivity index (χ2n) is 7.49. The molecule has 1 N–H and O–H groups in total. The summed E-state index contributed by atoms with van der Waals surface area (Å²) >= 11 is 0. The molecule has 8 heteroatoms. The van der Waals surface area contributed by atoms with Crippen LogP contribution in [0.4, 0.5) is 17.2 Å². The predicted molar refractivity (Wildman–Crippen MR) is 108 cm³/mol. The van der Waals surface area contributed by atoms with Gasteiger partial charge < -0.3 is 15.0 Å². The maximum absolute atomic E-state index is 5.21. The van der Waals surface area contributed by atoms with Crippen LogP contribution in [0.1, 0.15) is 18.5 Å². The summed E-state index contributed by atoms with van der Waals surface area (Å²) in [6.07, 6.45) is 4.18. The van der Waals surface area contributed by atoms with Crippen molar-refractivity contribution in [1.82, 2.24) is 24.5 Å². The first-order valence-electron chi connectivity index (χ1n) is 9.85. The van der Waals surface area contributed by atoms with Gasteiger partial charge in [-0.05, 0) is 43.7 Å². The Morgan fingerprint density at radius 1 is 1.18 bits per heavy atom. The Morgan fingerprint density at radius 3 is 2.93 bits per heavy atom. The van der Waals surface area contributed by atoms with Crippen molar-refractivity contribution in [3.05, 3.63) is 42.4 Å². The van der Waals surface area contributed by atoms with E-state index in [9.17, 15) is 0 Å². The zero-order chi connectivity index (χ0) is 18.9. The fourth-order valence-corrected chi connectivity index (χ4v) is 4.30. The lowest BCUT2D eigenvalue weighted by Gasteiger charge is -2.38. The molecular weight excluding hydrogens is 354 g/mol. The zero-order valence-electron chi connectivity index (χ0n) is 16.1. The molecule has 0 amide bonds. The molecule has 8 nitrogen and oxygen atoms in total. The summed E-state index contributed by atoms with van der Waals surface area (Å²) in [7, 11) is 1.66. The number of methoxy groups -OCH3 is 1. The Hall–Kier alpha value is -2.71. The summed E-state index contributed by atoms with van der Waals surface area (Å²) in [6.45, 7) is 5.12. The molecule has 146 valence electrons. The van der Waals surface area contributed by atoms with Crippen molar-refractivity contribution in [2.24, 2.45) is 0 Å². The molecule has 2 aromatic heterocycles. The van der Waals surface area contributed by atoms with E-state index in [0.717, 1.165) is 36.3 Å². The van der Waals surface area contributed by atoms with Crippen LogP contribution in [-0.2, 0) is 11.3 Å². The largest absolute Gasteiger partial charge is 0.378 e. The van der Waals surface area contributed by atoms with Crippen molar-refractivity contribution < 1.29 is 4.74 Å². The number of nitrogens with zero attached hydrogens (tertiary/aromatic N) is 6. The smallest absolute Gasteiger partial charge is 0.254 e. The Balaban J connectivity index is 1.34. The van der Waals surface area contributed by atoms with Crippen molar-refractivity contribution in [3.63, 3.8) is 0 Å². The monoisotopic (exact) mass is 379 g/mol. The molecule has 2 aliphatic rings. The predicted octanol–water partition coefficient (Wildman–Crippen LogP) is 2.30. The molecule has 0 spiro atoms. The van der Waals surface area contributed by atoms with Crippen LogP contribution in [0.5, 0.6) is 0 Å². The maximum Gasteiger partial charge on any atom is 0.254 e. The van der Waals surface area contributed by atoms with E-state index in [2.05, 4.69) is 54.4 Å². The van der Waals surface area contributed by atoms with Crippen molar-refractivity contribution in [3.8, 4) is 0 Å². The molecule has 0 bridgehead atoms. The molecule has 0 saturated carbocycles. The SMILES string of the molecule is COCc1cc(Nc2ccc(N3CCN4CCCC4C3)cc2)n2ncnc2n1. The highest BCUT2D eigenvalue weighted by Crippen LogP contribution is 2.27. The first kappa shape index (κ1) is 17.4. The fourth-order valence-electron chi connectivity index (χ4n) is 4.30. The van der Waals surface area contributed by atoms with E-state index >= 15 is 0 Å². The highest BCUT2D eigenvalue weighted by molar-refractivity contribution is 5.62. The van der Waals surface area contributed by atoms with Crippen LogP contribution in [0.2, 0.25) is 0 Å². The lowest BCUT2D eigenvalue weighted by atomic mass is 10.1. The van der Waals surface area contributed by atoms with Gasteiger partial charge in [0.05, 0.1) is 12.3 Å². The maximum atomic E-state index is 5.21. The van der Waals surface area contributed by atoms with E-state index < -0.39 is 0 Å². The number of piperazine rings is 1. The second-order valence-corrected chi connectivity index (χ2v) is 7.49. The molecule has 1 aromatic carbocycles. The van der Waals surface area contributed by atoms with E-state index in [1.807, 2.05) is 6.07 Å². The first-order valence-corrected chi connectivity index (χ1v) is 9.85. The standard InChI is InChI=1S/C20H25N7O/c1-28-13-16-11-19(27-20(24-16)21-14-22-27)23-15-4-6-17(7-5-15)26-10-9-25-8-2-3-18(25)12-26/h4-7,11,14,18,23H,2-3,8-10,12-13H2,1H3. The minimum atomic E-state index is 0.435. The van der Waals surface area contributed by atoms with E-state index in [0.29, 0.717) is 12.4 Å². The summed E-state index contributed by atoms with van der Waals surface area (Å²) in [5, 5.41) is 7.70. The summed E-state index contributed by atoms with van der Waals surface area (Å²) in [6, 6.07) is 11.3. The number of benzene rings is 1. The van der Waals surface area contributed by atoms with Crippen molar-refractivity contribution in [1.29, 1.82) is 0 Å². The van der Waals surface area contributed by atoms with Crippen LogP contribution in [0.15, 0.2) is 36.7 Å². The fraction of sp³-hybridized carbons (Fsp3) is 0.450. The van der Waals surface area contributed by atoms with Crippen LogP contribution >= 0.6 is 0 Å². The van der Waals surface area contributed by atoms with Gasteiger partial charge in [-0.25, -0.2) is 4.98 Å². The zero-order valence-corrected chi connectivity index (χ0v) is 16.1. The van der Waals surface area contributed by atoms with E-state index in [1.165, 1.54) is 37.9 Å². The van der Waals surface area contributed by atoms with Gasteiger partial charge in [-0.1, -0.05) is 0 Å². The highest BCUT2D eigenvalue weighted by atomic mass is 16.5. The normalized spacial score (nSPS) is 19.9. The van der Waals surface area contributed by atoms with Crippen LogP contribution in [0.3, 0.4) is 0 Å². The molecule has 1 unspecified atom stereocenters. The number of nitrogens with one attached hydrogen (secondary N) is 1.